The molecule has 2 amide bonds. The number of amides is 2. The van der Waals surface area contributed by atoms with E-state index in [1.165, 1.54) is 13.2 Å². The minimum Gasteiger partial charge on any atom is -0.495 e. The molecule has 1 saturated heterocycles. The molecular weight excluding hydrogens is 624 g/mol. The van der Waals surface area contributed by atoms with E-state index in [0.29, 0.717) is 28.7 Å². The van der Waals surface area contributed by atoms with E-state index < -0.39 is 41.3 Å². The maximum atomic E-state index is 13.4. The summed E-state index contributed by atoms with van der Waals surface area (Å²) in [6, 6.07) is 14.2. The number of ether oxygens (including phenoxy) is 3. The lowest BCUT2D eigenvalue weighted by molar-refractivity contribution is -0.171. The van der Waals surface area contributed by atoms with Crippen molar-refractivity contribution in [1.29, 1.82) is 0 Å². The summed E-state index contributed by atoms with van der Waals surface area (Å²) in [6.07, 6.45) is 3.93. The Balaban J connectivity index is 1.60. The van der Waals surface area contributed by atoms with Crippen molar-refractivity contribution in [1.82, 2.24) is 10.6 Å². The molecule has 0 spiro atoms. The topological polar surface area (TPSA) is 144 Å². The van der Waals surface area contributed by atoms with E-state index in [1.807, 2.05) is 32.0 Å². The maximum Gasteiger partial charge on any atom is 0.345 e. The molecule has 0 aliphatic carbocycles. The Morgan fingerprint density at radius 3 is 2.40 bits per heavy atom. The lowest BCUT2D eigenvalue weighted by Gasteiger charge is -2.27. The number of benzene rings is 2. The SMILES string of the molecule is COc1ccc(C[C@@H](NC(=O)/C=C/CC[C@H](C)[C@H]2O[C@@H]2c2ccccc2)C(=O)NCC(C)(C)C(=O)O[C@@H](CC(C)C)C(=O)O)cc1Cl. The molecule has 0 saturated carbocycles. The number of aliphatic carboxylic acids is 1. The van der Waals surface area contributed by atoms with Crippen LogP contribution >= 0.6 is 11.6 Å². The average Bonchev–Trinajstić information content (AvgIpc) is 3.83. The summed E-state index contributed by atoms with van der Waals surface area (Å²) in [5.41, 5.74) is 0.611. The highest BCUT2D eigenvalue weighted by Crippen LogP contribution is 2.44. The van der Waals surface area contributed by atoms with Crippen molar-refractivity contribution in [2.75, 3.05) is 13.7 Å². The molecule has 256 valence electrons. The molecule has 2 aromatic rings. The van der Waals surface area contributed by atoms with E-state index in [1.54, 1.807) is 38.1 Å². The van der Waals surface area contributed by atoms with Crippen LogP contribution in [0.1, 0.15) is 71.1 Å². The molecule has 1 aliphatic rings. The Kier molecular flexibility index (Phi) is 13.8. The molecule has 5 atom stereocenters. The van der Waals surface area contributed by atoms with Crippen LogP contribution in [-0.4, -0.2) is 60.8 Å². The third kappa shape index (κ3) is 11.7. The molecule has 3 N–H and O–H groups in total. The van der Waals surface area contributed by atoms with Gasteiger partial charge in [0.05, 0.1) is 23.7 Å². The Labute approximate surface area is 282 Å². The summed E-state index contributed by atoms with van der Waals surface area (Å²) in [4.78, 5) is 50.9. The number of halogens is 1. The van der Waals surface area contributed by atoms with Crippen molar-refractivity contribution in [2.24, 2.45) is 17.3 Å². The van der Waals surface area contributed by atoms with E-state index >= 15 is 0 Å². The van der Waals surface area contributed by atoms with Gasteiger partial charge >= 0.3 is 11.9 Å². The Hall–Kier alpha value is -3.89. The fourth-order valence-corrected chi connectivity index (χ4v) is 5.38. The van der Waals surface area contributed by atoms with Crippen LogP contribution in [0.2, 0.25) is 5.02 Å². The van der Waals surface area contributed by atoms with Crippen molar-refractivity contribution in [3.05, 3.63) is 76.8 Å². The highest BCUT2D eigenvalue weighted by molar-refractivity contribution is 6.32. The molecule has 47 heavy (non-hydrogen) atoms. The number of esters is 1. The van der Waals surface area contributed by atoms with E-state index in [4.69, 9.17) is 25.8 Å². The first-order valence-corrected chi connectivity index (χ1v) is 16.3. The van der Waals surface area contributed by atoms with Gasteiger partial charge in [-0.3, -0.25) is 14.4 Å². The van der Waals surface area contributed by atoms with Gasteiger partial charge in [-0.05, 0) is 74.3 Å². The molecule has 1 heterocycles. The number of carboxylic acid groups (broad SMARTS) is 1. The lowest BCUT2D eigenvalue weighted by atomic mass is 9.93. The van der Waals surface area contributed by atoms with Crippen LogP contribution in [0.15, 0.2) is 60.7 Å². The summed E-state index contributed by atoms with van der Waals surface area (Å²) in [5.74, 6) is -2.18. The van der Waals surface area contributed by atoms with Crippen LogP contribution in [0.5, 0.6) is 5.75 Å². The van der Waals surface area contributed by atoms with Gasteiger partial charge in [-0.25, -0.2) is 4.79 Å². The van der Waals surface area contributed by atoms with Crippen LogP contribution in [0.25, 0.3) is 0 Å². The molecule has 0 aromatic heterocycles. The second-order valence-electron chi connectivity index (χ2n) is 13.1. The van der Waals surface area contributed by atoms with Gasteiger partial charge in [0.2, 0.25) is 11.8 Å². The molecule has 0 radical (unpaired) electrons. The van der Waals surface area contributed by atoms with Crippen LogP contribution in [0, 0.1) is 17.3 Å². The second-order valence-corrected chi connectivity index (χ2v) is 13.5. The van der Waals surface area contributed by atoms with Gasteiger partial charge in [0.25, 0.3) is 0 Å². The van der Waals surface area contributed by atoms with E-state index in [9.17, 15) is 24.3 Å². The molecule has 0 bridgehead atoms. The van der Waals surface area contributed by atoms with Crippen molar-refractivity contribution in [3.8, 4) is 5.75 Å². The quantitative estimate of drug-likeness (QED) is 0.105. The molecule has 3 rings (SSSR count). The van der Waals surface area contributed by atoms with E-state index in [-0.39, 0.29) is 37.5 Å². The fraction of sp³-hybridized carbons (Fsp3) is 0.500. The highest BCUT2D eigenvalue weighted by atomic mass is 35.5. The third-order valence-corrected chi connectivity index (χ3v) is 8.32. The van der Waals surface area contributed by atoms with Crippen LogP contribution in [0.4, 0.5) is 0 Å². The monoisotopic (exact) mass is 670 g/mol. The smallest absolute Gasteiger partial charge is 0.345 e. The van der Waals surface area contributed by atoms with Gasteiger partial charge in [-0.15, -0.1) is 0 Å². The van der Waals surface area contributed by atoms with Gasteiger partial charge in [-0.1, -0.05) is 74.8 Å². The first-order chi connectivity index (χ1) is 22.2. The van der Waals surface area contributed by atoms with Crippen molar-refractivity contribution >= 4 is 35.4 Å². The van der Waals surface area contributed by atoms with Crippen molar-refractivity contribution in [3.63, 3.8) is 0 Å². The van der Waals surface area contributed by atoms with Gasteiger partial charge in [0, 0.05) is 13.0 Å². The second kappa shape index (κ2) is 17.3. The highest BCUT2D eigenvalue weighted by Gasteiger charge is 2.43. The molecule has 1 aliphatic heterocycles. The summed E-state index contributed by atoms with van der Waals surface area (Å²) in [7, 11) is 1.50. The van der Waals surface area contributed by atoms with E-state index in [0.717, 1.165) is 12.0 Å². The summed E-state index contributed by atoms with van der Waals surface area (Å²) < 4.78 is 16.4. The van der Waals surface area contributed by atoms with Crippen molar-refractivity contribution in [2.45, 2.75) is 84.7 Å². The standard InChI is InChI=1S/C36H47ClN2O8/c1-22(2)18-29(34(42)43)46-35(44)36(4,5)21-38-33(41)27(20-24-16-17-28(45-6)26(37)19-24)39-30(40)15-11-10-12-23(3)31-32(47-31)25-13-8-7-9-14-25/h7-9,11,13-17,19,22-23,27,29,31-32H,10,12,18,20-21H2,1-6H3,(H,38,41)(H,39,40)(H,42,43)/b15-11+/t23-,27+,29-,31+,32+/m0/s1. The zero-order chi connectivity index (χ0) is 34.7. The van der Waals surface area contributed by atoms with Crippen LogP contribution in [-0.2, 0) is 35.1 Å². The van der Waals surface area contributed by atoms with Crippen molar-refractivity contribution < 1.29 is 38.5 Å². The first-order valence-electron chi connectivity index (χ1n) is 15.9. The van der Waals surface area contributed by atoms with Crippen LogP contribution in [0.3, 0.4) is 0 Å². The number of methoxy groups -OCH3 is 1. The number of hydrogen-bond acceptors (Lipinski definition) is 7. The fourth-order valence-electron chi connectivity index (χ4n) is 5.10. The van der Waals surface area contributed by atoms with Gasteiger partial charge in [0.1, 0.15) is 17.9 Å². The maximum absolute atomic E-state index is 13.4. The molecular formula is C36H47ClN2O8. The minimum atomic E-state index is -1.29. The Morgan fingerprint density at radius 1 is 1.09 bits per heavy atom. The zero-order valence-electron chi connectivity index (χ0n) is 28.0. The Bertz CT molecular complexity index is 1410. The average molecular weight is 671 g/mol. The number of nitrogens with one attached hydrogen (secondary N) is 2. The largest absolute Gasteiger partial charge is 0.495 e. The van der Waals surface area contributed by atoms with Gasteiger partial charge < -0.3 is 30.0 Å². The van der Waals surface area contributed by atoms with E-state index in [2.05, 4.69) is 29.7 Å². The van der Waals surface area contributed by atoms with Gasteiger partial charge in [0.15, 0.2) is 6.10 Å². The summed E-state index contributed by atoms with van der Waals surface area (Å²) >= 11 is 6.30. The summed E-state index contributed by atoms with van der Waals surface area (Å²) in [5, 5.41) is 15.3. The first kappa shape index (κ1) is 37.6. The minimum absolute atomic E-state index is 0.000737. The predicted octanol–water partition coefficient (Wildman–Crippen LogP) is 5.67. The number of carboxylic acids is 1. The number of carbonyl (C=O) groups excluding carboxylic acids is 3. The summed E-state index contributed by atoms with van der Waals surface area (Å²) in [6.45, 7) is 8.76. The molecule has 11 heteroatoms. The number of rotatable bonds is 18. The molecule has 1 fully saturated rings. The zero-order valence-corrected chi connectivity index (χ0v) is 28.7. The molecule has 10 nitrogen and oxygen atoms in total. The molecule has 2 aromatic carbocycles. The lowest BCUT2D eigenvalue weighted by Crippen LogP contribution is -2.51. The number of epoxide rings is 1. The van der Waals surface area contributed by atoms with Gasteiger partial charge in [-0.2, -0.15) is 0 Å². The van der Waals surface area contributed by atoms with Crippen LogP contribution < -0.4 is 15.4 Å². The third-order valence-electron chi connectivity index (χ3n) is 8.03. The number of allylic oxidation sites excluding steroid dienone is 1. The number of hydrogen-bond donors (Lipinski definition) is 3. The molecule has 0 unspecified atom stereocenters. The number of carbonyl (C=O) groups is 4. The Morgan fingerprint density at radius 2 is 1.79 bits per heavy atom. The predicted molar refractivity (Wildman–Crippen MR) is 179 cm³/mol. The normalized spacial score (nSPS) is 17.9.